The molecule has 0 radical (unpaired) electrons. The van der Waals surface area contributed by atoms with Crippen LogP contribution in [-0.4, -0.2) is 24.6 Å². The second kappa shape index (κ2) is 6.14. The quantitative estimate of drug-likeness (QED) is 0.712. The molecule has 0 amide bonds. The molecule has 0 aliphatic rings. The van der Waals surface area contributed by atoms with Crippen molar-refractivity contribution in [3.63, 3.8) is 0 Å². The third-order valence-corrected chi connectivity index (χ3v) is 2.09. The topological polar surface area (TPSA) is 36.3 Å². The van der Waals surface area contributed by atoms with Crippen molar-refractivity contribution in [2.24, 2.45) is 0 Å². The number of hydrogen-bond acceptors (Lipinski definition) is 3. The van der Waals surface area contributed by atoms with Crippen LogP contribution in [0, 0.1) is 11.3 Å². The lowest BCUT2D eigenvalue weighted by atomic mass is 10.2. The smallest absolute Gasteiger partial charge is 0.119 e. The maximum Gasteiger partial charge on any atom is 0.119 e. The van der Waals surface area contributed by atoms with Crippen LogP contribution in [0.1, 0.15) is 19.4 Å². The molecule has 0 unspecified atom stereocenters. The summed E-state index contributed by atoms with van der Waals surface area (Å²) in [4.78, 5) is 1.97. The van der Waals surface area contributed by atoms with Crippen LogP contribution in [0.25, 0.3) is 0 Å². The Labute approximate surface area is 97.3 Å². The lowest BCUT2D eigenvalue weighted by Gasteiger charge is -2.13. The van der Waals surface area contributed by atoms with Gasteiger partial charge in [-0.15, -0.1) is 0 Å². The summed E-state index contributed by atoms with van der Waals surface area (Å²) in [6, 6.07) is 10.1. The first-order valence-corrected chi connectivity index (χ1v) is 5.43. The maximum absolute atomic E-state index is 8.55. The van der Waals surface area contributed by atoms with Crippen LogP contribution in [0.5, 0.6) is 5.75 Å². The highest BCUT2D eigenvalue weighted by molar-refractivity contribution is 5.27. The van der Waals surface area contributed by atoms with Crippen molar-refractivity contribution in [1.29, 1.82) is 5.26 Å². The Bertz CT molecular complexity index is 351. The van der Waals surface area contributed by atoms with Crippen LogP contribution < -0.4 is 4.74 Å². The molecule has 3 nitrogen and oxygen atoms in total. The van der Waals surface area contributed by atoms with Crippen molar-refractivity contribution < 1.29 is 4.74 Å². The molecular weight excluding hydrogens is 200 g/mol. The summed E-state index contributed by atoms with van der Waals surface area (Å²) in [7, 11) is 1.93. The second-order valence-electron chi connectivity index (χ2n) is 4.14. The molecule has 0 fully saturated rings. The largest absolute Gasteiger partial charge is 0.491 e. The molecule has 1 aromatic carbocycles. The number of ether oxygens (including phenoxy) is 1. The molecule has 16 heavy (non-hydrogen) atoms. The van der Waals surface area contributed by atoms with Gasteiger partial charge in [0.2, 0.25) is 0 Å². The summed E-state index contributed by atoms with van der Waals surface area (Å²) in [5.74, 6) is 0.890. The third-order valence-electron chi connectivity index (χ3n) is 2.09. The molecule has 0 aromatic heterocycles. The summed E-state index contributed by atoms with van der Waals surface area (Å²) in [6.07, 6.45) is 0.201. The van der Waals surface area contributed by atoms with E-state index in [1.165, 1.54) is 5.56 Å². The van der Waals surface area contributed by atoms with Gasteiger partial charge in [-0.2, -0.15) is 5.26 Å². The van der Waals surface area contributed by atoms with E-state index in [1.54, 1.807) is 0 Å². The van der Waals surface area contributed by atoms with Gasteiger partial charge in [0.1, 0.15) is 5.75 Å². The van der Waals surface area contributed by atoms with Crippen LogP contribution >= 0.6 is 0 Å². The Kier molecular flexibility index (Phi) is 4.81. The van der Waals surface area contributed by atoms with Crippen molar-refractivity contribution in [2.75, 3.05) is 13.6 Å². The highest BCUT2D eigenvalue weighted by atomic mass is 16.5. The van der Waals surface area contributed by atoms with Gasteiger partial charge in [0, 0.05) is 6.54 Å². The standard InChI is InChI=1S/C13H18N2O/c1-11(2)16-13-6-4-12(5-7-13)10-15(3)9-8-14/h4-7,11H,9-10H2,1-3H3. The van der Waals surface area contributed by atoms with Gasteiger partial charge in [-0.25, -0.2) is 0 Å². The second-order valence-corrected chi connectivity index (χ2v) is 4.14. The lowest BCUT2D eigenvalue weighted by Crippen LogP contribution is -2.17. The minimum Gasteiger partial charge on any atom is -0.491 e. The van der Waals surface area contributed by atoms with Gasteiger partial charge in [0.05, 0.1) is 18.7 Å². The predicted molar refractivity (Wildman–Crippen MR) is 64.2 cm³/mol. The van der Waals surface area contributed by atoms with Gasteiger partial charge in [0.15, 0.2) is 0 Å². The number of nitrogens with zero attached hydrogens (tertiary/aromatic N) is 2. The SMILES string of the molecule is CC(C)Oc1ccc(CN(C)CC#N)cc1. The van der Waals surface area contributed by atoms with Crippen molar-refractivity contribution in [1.82, 2.24) is 4.90 Å². The van der Waals surface area contributed by atoms with E-state index in [2.05, 4.69) is 6.07 Å². The fourth-order valence-corrected chi connectivity index (χ4v) is 1.43. The molecule has 0 aliphatic carbocycles. The fraction of sp³-hybridized carbons (Fsp3) is 0.462. The zero-order chi connectivity index (χ0) is 12.0. The minimum atomic E-state index is 0.201. The summed E-state index contributed by atoms with van der Waals surface area (Å²) in [5.41, 5.74) is 1.19. The molecule has 0 aliphatic heterocycles. The van der Waals surface area contributed by atoms with E-state index >= 15 is 0 Å². The summed E-state index contributed by atoms with van der Waals surface area (Å²) in [6.45, 7) is 5.25. The molecule has 1 rings (SSSR count). The highest BCUT2D eigenvalue weighted by Gasteiger charge is 2.01. The van der Waals surface area contributed by atoms with Gasteiger partial charge in [-0.3, -0.25) is 4.90 Å². The first-order valence-electron chi connectivity index (χ1n) is 5.43. The van der Waals surface area contributed by atoms with Crippen LogP contribution in [0.15, 0.2) is 24.3 Å². The zero-order valence-electron chi connectivity index (χ0n) is 10.1. The molecule has 3 heteroatoms. The Hall–Kier alpha value is -1.53. The van der Waals surface area contributed by atoms with Crippen molar-refractivity contribution >= 4 is 0 Å². The van der Waals surface area contributed by atoms with Crippen LogP contribution in [-0.2, 0) is 6.54 Å². The number of hydrogen-bond donors (Lipinski definition) is 0. The molecule has 0 atom stereocenters. The van der Waals surface area contributed by atoms with E-state index in [0.29, 0.717) is 6.54 Å². The Morgan fingerprint density at radius 3 is 2.44 bits per heavy atom. The minimum absolute atomic E-state index is 0.201. The van der Waals surface area contributed by atoms with Crippen LogP contribution in [0.3, 0.4) is 0 Å². The van der Waals surface area contributed by atoms with Gasteiger partial charge in [-0.1, -0.05) is 12.1 Å². The lowest BCUT2D eigenvalue weighted by molar-refractivity contribution is 0.242. The third kappa shape index (κ3) is 4.33. The first kappa shape index (κ1) is 12.5. The molecule has 86 valence electrons. The van der Waals surface area contributed by atoms with E-state index in [9.17, 15) is 0 Å². The predicted octanol–water partition coefficient (Wildman–Crippen LogP) is 2.43. The molecule has 0 N–H and O–H groups in total. The van der Waals surface area contributed by atoms with Crippen LogP contribution in [0.2, 0.25) is 0 Å². The van der Waals surface area contributed by atoms with Gasteiger partial charge in [0.25, 0.3) is 0 Å². The molecule has 0 saturated heterocycles. The van der Waals surface area contributed by atoms with E-state index < -0.39 is 0 Å². The normalized spacial score (nSPS) is 10.5. The van der Waals surface area contributed by atoms with Gasteiger partial charge in [-0.05, 0) is 38.6 Å². The van der Waals surface area contributed by atoms with Crippen LogP contribution in [0.4, 0.5) is 0 Å². The number of rotatable bonds is 5. The van der Waals surface area contributed by atoms with E-state index in [1.807, 2.05) is 50.1 Å². The molecule has 0 heterocycles. The zero-order valence-corrected chi connectivity index (χ0v) is 10.1. The van der Waals surface area contributed by atoms with E-state index in [4.69, 9.17) is 10.00 Å². The highest BCUT2D eigenvalue weighted by Crippen LogP contribution is 2.14. The summed E-state index contributed by atoms with van der Waals surface area (Å²) >= 11 is 0. The summed E-state index contributed by atoms with van der Waals surface area (Å²) < 4.78 is 5.56. The van der Waals surface area contributed by atoms with Gasteiger partial charge < -0.3 is 4.74 Å². The molecule has 0 saturated carbocycles. The van der Waals surface area contributed by atoms with Crippen molar-refractivity contribution in [2.45, 2.75) is 26.5 Å². The fourth-order valence-electron chi connectivity index (χ4n) is 1.43. The average Bonchev–Trinajstić information content (AvgIpc) is 2.20. The molecule has 0 spiro atoms. The monoisotopic (exact) mass is 218 g/mol. The van der Waals surface area contributed by atoms with Crippen molar-refractivity contribution in [3.8, 4) is 11.8 Å². The summed E-state index contributed by atoms with van der Waals surface area (Å²) in [5, 5.41) is 8.55. The van der Waals surface area contributed by atoms with E-state index in [0.717, 1.165) is 12.3 Å². The molecule has 0 bridgehead atoms. The Morgan fingerprint density at radius 2 is 1.94 bits per heavy atom. The van der Waals surface area contributed by atoms with E-state index in [-0.39, 0.29) is 6.10 Å². The average molecular weight is 218 g/mol. The number of nitriles is 1. The molecular formula is C13H18N2O. The first-order chi connectivity index (χ1) is 7.61. The number of benzene rings is 1. The van der Waals surface area contributed by atoms with Crippen molar-refractivity contribution in [3.05, 3.63) is 29.8 Å². The van der Waals surface area contributed by atoms with Gasteiger partial charge >= 0.3 is 0 Å². The molecule has 1 aromatic rings. The maximum atomic E-state index is 8.55. The Balaban J connectivity index is 2.55. The Morgan fingerprint density at radius 1 is 1.31 bits per heavy atom.